The van der Waals surface area contributed by atoms with E-state index in [0.29, 0.717) is 11.1 Å². The predicted octanol–water partition coefficient (Wildman–Crippen LogP) is -1.33. The number of nitrogens with zero attached hydrogens (tertiary/aromatic N) is 1. The van der Waals surface area contributed by atoms with Gasteiger partial charge in [0, 0.05) is 6.20 Å². The van der Waals surface area contributed by atoms with Gasteiger partial charge in [0.1, 0.15) is 15.7 Å². The lowest BCUT2D eigenvalue weighted by atomic mass is 9.96. The normalized spacial score (nSPS) is 9.00. The van der Waals surface area contributed by atoms with E-state index >= 15 is 0 Å². The van der Waals surface area contributed by atoms with Crippen molar-refractivity contribution in [3.63, 3.8) is 0 Å². The highest BCUT2D eigenvalue weighted by Crippen LogP contribution is 1.66. The Labute approximate surface area is 51.0 Å². The molecule has 0 aliphatic heterocycles. The molecule has 0 amide bonds. The summed E-state index contributed by atoms with van der Waals surface area (Å²) < 4.78 is 0. The Morgan fingerprint density at radius 3 is 2.38 bits per heavy atom. The zero-order chi connectivity index (χ0) is 5.98. The van der Waals surface area contributed by atoms with Gasteiger partial charge in [0.2, 0.25) is 0 Å². The molecule has 1 heterocycles. The summed E-state index contributed by atoms with van der Waals surface area (Å²) in [7, 11) is 10.6. The maximum absolute atomic E-state index is 5.31. The van der Waals surface area contributed by atoms with Crippen molar-refractivity contribution in [2.45, 2.75) is 0 Å². The Bertz CT molecular complexity index is 149. The molecule has 0 fully saturated rings. The summed E-state index contributed by atoms with van der Waals surface area (Å²) in [5.74, 6) is 0. The van der Waals surface area contributed by atoms with Gasteiger partial charge in [0.15, 0.2) is 0 Å². The first-order chi connectivity index (χ1) is 3.79. The van der Waals surface area contributed by atoms with Crippen molar-refractivity contribution in [3.8, 4) is 0 Å². The van der Waals surface area contributed by atoms with Crippen molar-refractivity contribution in [1.29, 1.82) is 0 Å². The van der Waals surface area contributed by atoms with Crippen LogP contribution in [0.1, 0.15) is 0 Å². The minimum absolute atomic E-state index is 0.499. The van der Waals surface area contributed by atoms with E-state index in [4.69, 9.17) is 15.7 Å². The third-order valence-electron chi connectivity index (χ3n) is 0.809. The number of aromatic nitrogens is 1. The maximum Gasteiger partial charge on any atom is 0.141 e. The van der Waals surface area contributed by atoms with Gasteiger partial charge in [-0.1, -0.05) is 17.6 Å². The molecule has 3 heteroatoms. The molecule has 0 spiro atoms. The van der Waals surface area contributed by atoms with Gasteiger partial charge in [-0.2, -0.15) is 0 Å². The zero-order valence-corrected chi connectivity index (χ0v) is 4.33. The van der Waals surface area contributed by atoms with Crippen LogP contribution in [-0.4, -0.2) is 20.7 Å². The van der Waals surface area contributed by atoms with Gasteiger partial charge >= 0.3 is 0 Å². The summed E-state index contributed by atoms with van der Waals surface area (Å²) in [5.41, 5.74) is 1.14. The van der Waals surface area contributed by atoms with Crippen LogP contribution in [0, 0.1) is 0 Å². The quantitative estimate of drug-likeness (QED) is 0.367. The molecule has 1 aromatic rings. The van der Waals surface area contributed by atoms with Gasteiger partial charge < -0.3 is 0 Å². The van der Waals surface area contributed by atoms with Crippen LogP contribution in [0.3, 0.4) is 0 Å². The highest BCUT2D eigenvalue weighted by Gasteiger charge is 1.80. The molecule has 0 unspecified atom stereocenters. The molecule has 0 bridgehead atoms. The van der Waals surface area contributed by atoms with Crippen LogP contribution in [0.4, 0.5) is 0 Å². The standard InChI is InChI=1S/C5H3B2N/c6-4-1-2-5(7)8-3-4/h1-3H. The Hall–Kier alpha value is -0.720. The SMILES string of the molecule is [B]c1ccc([B])nc1. The molecule has 0 saturated heterocycles. The van der Waals surface area contributed by atoms with Crippen molar-refractivity contribution in [2.75, 3.05) is 0 Å². The summed E-state index contributed by atoms with van der Waals surface area (Å²) in [6, 6.07) is 3.37. The number of pyridine rings is 1. The third kappa shape index (κ3) is 1.12. The second-order valence-corrected chi connectivity index (χ2v) is 1.52. The lowest BCUT2D eigenvalue weighted by Crippen LogP contribution is -2.13. The highest BCUT2D eigenvalue weighted by molar-refractivity contribution is 6.34. The summed E-state index contributed by atoms with van der Waals surface area (Å²) in [4.78, 5) is 3.73. The minimum Gasteiger partial charge on any atom is -0.274 e. The van der Waals surface area contributed by atoms with Crippen molar-refractivity contribution in [1.82, 2.24) is 4.98 Å². The molecule has 0 aliphatic carbocycles. The molecule has 1 nitrogen and oxygen atoms in total. The molecule has 0 aromatic carbocycles. The van der Waals surface area contributed by atoms with Crippen LogP contribution < -0.4 is 11.1 Å². The van der Waals surface area contributed by atoms with E-state index in [1.165, 1.54) is 6.20 Å². The molecule has 8 heavy (non-hydrogen) atoms. The topological polar surface area (TPSA) is 12.9 Å². The second kappa shape index (κ2) is 2.03. The number of hydrogen-bond acceptors (Lipinski definition) is 1. The first-order valence-electron chi connectivity index (χ1n) is 2.26. The van der Waals surface area contributed by atoms with Crippen molar-refractivity contribution in [3.05, 3.63) is 18.3 Å². The van der Waals surface area contributed by atoms with Crippen molar-refractivity contribution < 1.29 is 0 Å². The van der Waals surface area contributed by atoms with E-state index in [9.17, 15) is 0 Å². The molecule has 1 rings (SSSR count). The van der Waals surface area contributed by atoms with Crippen LogP contribution in [0.2, 0.25) is 0 Å². The van der Waals surface area contributed by atoms with Gasteiger partial charge in [-0.15, -0.1) is 0 Å². The molecule has 34 valence electrons. The number of hydrogen-bond donors (Lipinski definition) is 0. The van der Waals surface area contributed by atoms with Crippen LogP contribution in [-0.2, 0) is 0 Å². The van der Waals surface area contributed by atoms with E-state index in [0.717, 1.165) is 0 Å². The molecule has 4 radical (unpaired) electrons. The minimum atomic E-state index is 0.499. The van der Waals surface area contributed by atoms with Crippen LogP contribution >= 0.6 is 0 Å². The lowest BCUT2D eigenvalue weighted by Gasteiger charge is -1.90. The largest absolute Gasteiger partial charge is 0.274 e. The van der Waals surface area contributed by atoms with E-state index < -0.39 is 0 Å². The average molecular weight is 98.7 g/mol. The summed E-state index contributed by atoms with van der Waals surface area (Å²) in [6.45, 7) is 0. The van der Waals surface area contributed by atoms with Crippen molar-refractivity contribution in [2.24, 2.45) is 0 Å². The van der Waals surface area contributed by atoms with Gasteiger partial charge in [0.05, 0.1) is 0 Å². The van der Waals surface area contributed by atoms with E-state index in [2.05, 4.69) is 4.98 Å². The second-order valence-electron chi connectivity index (χ2n) is 1.52. The Kier molecular flexibility index (Phi) is 1.38. The molecule has 0 atom stereocenters. The van der Waals surface area contributed by atoms with Crippen LogP contribution in [0.5, 0.6) is 0 Å². The van der Waals surface area contributed by atoms with Gasteiger partial charge in [-0.05, 0) is 5.59 Å². The Morgan fingerprint density at radius 2 is 2.00 bits per heavy atom. The lowest BCUT2D eigenvalue weighted by molar-refractivity contribution is 1.41. The first kappa shape index (κ1) is 5.42. The van der Waals surface area contributed by atoms with E-state index in [-0.39, 0.29) is 0 Å². The van der Waals surface area contributed by atoms with E-state index in [1.54, 1.807) is 12.1 Å². The molecular formula is C5H3B2N. The fourth-order valence-corrected chi connectivity index (χ4v) is 0.417. The fraction of sp³-hybridized carbons (Fsp3) is 0. The molecule has 0 saturated carbocycles. The molecule has 0 aliphatic rings. The first-order valence-corrected chi connectivity index (χ1v) is 2.26. The number of rotatable bonds is 0. The summed E-state index contributed by atoms with van der Waals surface area (Å²) in [6.07, 6.45) is 1.52. The smallest absolute Gasteiger partial charge is 0.141 e. The Morgan fingerprint density at radius 1 is 1.25 bits per heavy atom. The van der Waals surface area contributed by atoms with Gasteiger partial charge in [0.25, 0.3) is 0 Å². The summed E-state index contributed by atoms with van der Waals surface area (Å²) >= 11 is 0. The zero-order valence-electron chi connectivity index (χ0n) is 4.33. The highest BCUT2D eigenvalue weighted by atomic mass is 14.6. The molecule has 0 N–H and O–H groups in total. The molecule has 1 aromatic heterocycles. The fourth-order valence-electron chi connectivity index (χ4n) is 0.417. The van der Waals surface area contributed by atoms with E-state index in [1.807, 2.05) is 0 Å². The summed E-state index contributed by atoms with van der Waals surface area (Å²) in [5, 5.41) is 0. The monoisotopic (exact) mass is 99.0 g/mol. The predicted molar refractivity (Wildman–Crippen MR) is 35.0 cm³/mol. The third-order valence-corrected chi connectivity index (χ3v) is 0.809. The van der Waals surface area contributed by atoms with Crippen molar-refractivity contribution >= 4 is 26.7 Å². The van der Waals surface area contributed by atoms with Gasteiger partial charge in [-0.3, -0.25) is 4.98 Å². The van der Waals surface area contributed by atoms with Crippen LogP contribution in [0.15, 0.2) is 18.3 Å². The molecular weight excluding hydrogens is 95.7 g/mol. The Balaban J connectivity index is 3.03. The maximum atomic E-state index is 5.31. The average Bonchev–Trinajstić information content (AvgIpc) is 1.77. The van der Waals surface area contributed by atoms with Gasteiger partial charge in [-0.25, -0.2) is 0 Å². The van der Waals surface area contributed by atoms with Crippen LogP contribution in [0.25, 0.3) is 0 Å².